The Morgan fingerprint density at radius 1 is 1.09 bits per heavy atom. The lowest BCUT2D eigenvalue weighted by atomic mass is 9.79. The summed E-state index contributed by atoms with van der Waals surface area (Å²) >= 11 is 17.6. The molecule has 1 aliphatic carbocycles. The van der Waals surface area contributed by atoms with Gasteiger partial charge in [-0.15, -0.1) is 0 Å². The first-order chi connectivity index (χ1) is 10.8. The van der Waals surface area contributed by atoms with E-state index in [0.29, 0.717) is 6.54 Å². The van der Waals surface area contributed by atoms with Gasteiger partial charge in [0.15, 0.2) is 0 Å². The Hall–Kier alpha value is -0.330. The summed E-state index contributed by atoms with van der Waals surface area (Å²) in [6.45, 7) is 0.320. The molecule has 0 amide bonds. The quantitative estimate of drug-likeness (QED) is 0.727. The Morgan fingerprint density at radius 2 is 1.70 bits per heavy atom. The fourth-order valence-corrected chi connectivity index (χ4v) is 6.53. The largest absolute Gasteiger partial charge is 0.279 e. The van der Waals surface area contributed by atoms with Crippen LogP contribution in [0.25, 0.3) is 0 Å². The smallest absolute Gasteiger partial charge is 0.243 e. The van der Waals surface area contributed by atoms with Crippen molar-refractivity contribution in [3.8, 4) is 0 Å². The molecule has 3 unspecified atom stereocenters. The molecular formula is C15H16Cl3NO3S. The number of hydrogen-bond donors (Lipinski definition) is 0. The highest BCUT2D eigenvalue weighted by molar-refractivity contribution is 7.89. The zero-order valence-corrected chi connectivity index (χ0v) is 15.3. The van der Waals surface area contributed by atoms with Crippen LogP contribution in [-0.2, 0) is 14.8 Å². The van der Waals surface area contributed by atoms with E-state index in [1.165, 1.54) is 22.5 Å². The van der Waals surface area contributed by atoms with E-state index in [0.717, 1.165) is 25.7 Å². The summed E-state index contributed by atoms with van der Waals surface area (Å²) in [6.07, 6.45) is 3.81. The van der Waals surface area contributed by atoms with E-state index in [9.17, 15) is 13.2 Å². The second-order valence-corrected chi connectivity index (χ2v) is 9.27. The van der Waals surface area contributed by atoms with Crippen LogP contribution in [0, 0.1) is 11.8 Å². The molecule has 0 spiro atoms. The third-order valence-electron chi connectivity index (χ3n) is 4.77. The predicted molar refractivity (Wildman–Crippen MR) is 90.4 cm³/mol. The number of fused-ring (bicyclic) bond motifs is 1. The van der Waals surface area contributed by atoms with Gasteiger partial charge in [-0.2, -0.15) is 4.31 Å². The highest BCUT2D eigenvalue weighted by Crippen LogP contribution is 2.43. The first-order valence-corrected chi connectivity index (χ1v) is 10.1. The van der Waals surface area contributed by atoms with Gasteiger partial charge in [-0.05, 0) is 54.5 Å². The van der Waals surface area contributed by atoms with Crippen molar-refractivity contribution < 1.29 is 13.2 Å². The molecule has 0 radical (unpaired) electrons. The highest BCUT2D eigenvalue weighted by Gasteiger charge is 2.50. The second kappa shape index (κ2) is 6.52. The Morgan fingerprint density at radius 3 is 2.30 bits per heavy atom. The number of carbonyl (C=O) groups is 1. The normalized spacial score (nSPS) is 28.6. The van der Waals surface area contributed by atoms with Gasteiger partial charge in [-0.1, -0.05) is 36.0 Å². The predicted octanol–water partition coefficient (Wildman–Crippen LogP) is 3.94. The van der Waals surface area contributed by atoms with Crippen LogP contribution in [-0.4, -0.2) is 30.6 Å². The summed E-state index contributed by atoms with van der Waals surface area (Å²) in [5, 5.41) is -0.140. The van der Waals surface area contributed by atoms with E-state index < -0.39 is 21.3 Å². The second-order valence-electron chi connectivity index (χ2n) is 6.14. The van der Waals surface area contributed by atoms with Crippen molar-refractivity contribution in [2.45, 2.75) is 36.6 Å². The molecule has 3 rings (SSSR count). The Kier molecular flexibility index (Phi) is 4.96. The van der Waals surface area contributed by atoms with E-state index >= 15 is 0 Å². The van der Waals surface area contributed by atoms with Crippen molar-refractivity contribution in [1.29, 1.82) is 0 Å². The Labute approximate surface area is 150 Å². The molecule has 23 heavy (non-hydrogen) atoms. The molecule has 2 aliphatic rings. The minimum absolute atomic E-state index is 0.00168. The zero-order chi connectivity index (χ0) is 16.8. The first kappa shape index (κ1) is 17.5. The van der Waals surface area contributed by atoms with Gasteiger partial charge >= 0.3 is 0 Å². The van der Waals surface area contributed by atoms with Crippen molar-refractivity contribution in [3.05, 3.63) is 28.2 Å². The van der Waals surface area contributed by atoms with Crippen molar-refractivity contribution in [3.63, 3.8) is 0 Å². The Bertz CT molecular complexity index is 717. The third kappa shape index (κ3) is 3.27. The molecule has 4 nitrogen and oxygen atoms in total. The highest BCUT2D eigenvalue weighted by atomic mass is 35.5. The van der Waals surface area contributed by atoms with E-state index in [1.807, 2.05) is 0 Å². The standard InChI is InChI=1S/C15H16Cl3NO3S/c16-10-5-11(17)7-12(6-10)23(21,22)19-8-9-3-1-2-4-13(9)14(19)15(18)20/h5-7,9,13-14H,1-4,8H2. The van der Waals surface area contributed by atoms with Crippen molar-refractivity contribution in [1.82, 2.24) is 4.31 Å². The molecule has 1 aromatic carbocycles. The van der Waals surface area contributed by atoms with Gasteiger partial charge in [-0.3, -0.25) is 4.79 Å². The number of sulfonamides is 1. The molecule has 8 heteroatoms. The lowest BCUT2D eigenvalue weighted by Gasteiger charge is -2.27. The summed E-state index contributed by atoms with van der Waals surface area (Å²) in [7, 11) is -3.88. The molecule has 0 bridgehead atoms. The third-order valence-corrected chi connectivity index (χ3v) is 7.26. The maximum Gasteiger partial charge on any atom is 0.243 e. The van der Waals surface area contributed by atoms with Gasteiger partial charge in [0.25, 0.3) is 0 Å². The van der Waals surface area contributed by atoms with Gasteiger partial charge in [0, 0.05) is 16.6 Å². The SMILES string of the molecule is O=C(Cl)C1C2CCCCC2CN1S(=O)(=O)c1cc(Cl)cc(Cl)c1. The fraction of sp³-hybridized carbons (Fsp3) is 0.533. The van der Waals surface area contributed by atoms with Crippen molar-refractivity contribution >= 4 is 50.1 Å². The van der Waals surface area contributed by atoms with Crippen molar-refractivity contribution in [2.24, 2.45) is 11.8 Å². The number of hydrogen-bond acceptors (Lipinski definition) is 3. The van der Waals surface area contributed by atoms with Crippen LogP contribution < -0.4 is 0 Å². The maximum atomic E-state index is 13.0. The van der Waals surface area contributed by atoms with Gasteiger partial charge in [0.1, 0.15) is 6.04 Å². The summed E-state index contributed by atoms with van der Waals surface area (Å²) < 4.78 is 27.2. The molecule has 1 saturated heterocycles. The number of benzene rings is 1. The van der Waals surface area contributed by atoms with Crippen molar-refractivity contribution in [2.75, 3.05) is 6.54 Å². The molecule has 0 aromatic heterocycles. The van der Waals surface area contributed by atoms with Crippen LogP contribution in [0.5, 0.6) is 0 Å². The molecule has 1 aromatic rings. The van der Waals surface area contributed by atoms with Gasteiger partial charge < -0.3 is 0 Å². The maximum absolute atomic E-state index is 13.0. The van der Waals surface area contributed by atoms with Gasteiger partial charge in [0.05, 0.1) is 4.90 Å². The topological polar surface area (TPSA) is 54.5 Å². The minimum atomic E-state index is -3.88. The van der Waals surface area contributed by atoms with Crippen LogP contribution in [0.4, 0.5) is 0 Å². The van der Waals surface area contributed by atoms with Crippen LogP contribution >= 0.6 is 34.8 Å². The lowest BCUT2D eigenvalue weighted by Crippen LogP contribution is -2.41. The molecule has 126 valence electrons. The molecule has 1 saturated carbocycles. The van der Waals surface area contributed by atoms with Gasteiger partial charge in [0.2, 0.25) is 15.3 Å². The van der Waals surface area contributed by atoms with Crippen LogP contribution in [0.2, 0.25) is 10.0 Å². The number of nitrogens with zero attached hydrogens (tertiary/aromatic N) is 1. The fourth-order valence-electron chi connectivity index (χ4n) is 3.78. The number of carbonyl (C=O) groups excluding carboxylic acids is 1. The monoisotopic (exact) mass is 395 g/mol. The lowest BCUT2D eigenvalue weighted by molar-refractivity contribution is -0.115. The summed E-state index contributed by atoms with van der Waals surface area (Å²) in [6, 6.07) is 3.36. The van der Waals surface area contributed by atoms with Crippen LogP contribution in [0.1, 0.15) is 25.7 Å². The van der Waals surface area contributed by atoms with E-state index in [1.54, 1.807) is 0 Å². The summed E-state index contributed by atoms with van der Waals surface area (Å²) in [5.74, 6) is 0.180. The molecule has 2 fully saturated rings. The molecule has 1 heterocycles. The Balaban J connectivity index is 2.02. The van der Waals surface area contributed by atoms with E-state index in [-0.39, 0.29) is 26.8 Å². The van der Waals surface area contributed by atoms with Crippen LogP contribution in [0.15, 0.2) is 23.1 Å². The molecule has 3 atom stereocenters. The van der Waals surface area contributed by atoms with E-state index in [2.05, 4.69) is 0 Å². The number of rotatable bonds is 3. The minimum Gasteiger partial charge on any atom is -0.279 e. The van der Waals surface area contributed by atoms with Gasteiger partial charge in [-0.25, -0.2) is 8.42 Å². The first-order valence-electron chi connectivity index (χ1n) is 7.48. The zero-order valence-electron chi connectivity index (χ0n) is 12.2. The average Bonchev–Trinajstić information content (AvgIpc) is 2.86. The van der Waals surface area contributed by atoms with Crippen LogP contribution in [0.3, 0.4) is 0 Å². The van der Waals surface area contributed by atoms with E-state index in [4.69, 9.17) is 34.8 Å². The summed E-state index contributed by atoms with van der Waals surface area (Å²) in [5.41, 5.74) is 0. The summed E-state index contributed by atoms with van der Waals surface area (Å²) in [4.78, 5) is 11.9. The number of halogens is 3. The average molecular weight is 397 g/mol. The molecule has 1 aliphatic heterocycles. The molecular weight excluding hydrogens is 381 g/mol. The molecule has 0 N–H and O–H groups in total.